The average molecular weight is 208 g/mol. The van der Waals surface area contributed by atoms with Crippen LogP contribution in [-0.4, -0.2) is 18.3 Å². The zero-order valence-corrected chi connectivity index (χ0v) is 8.50. The maximum absolute atomic E-state index is 13.5. The van der Waals surface area contributed by atoms with E-state index in [4.69, 9.17) is 10.4 Å². The Hall–Kier alpha value is -1.44. The van der Waals surface area contributed by atoms with E-state index >= 15 is 0 Å². The highest BCUT2D eigenvalue weighted by Gasteiger charge is 2.10. The fourth-order valence-electron chi connectivity index (χ4n) is 1.34. The van der Waals surface area contributed by atoms with Crippen LogP contribution in [0.4, 0.5) is 4.39 Å². The maximum Gasteiger partial charge on any atom is 0.129 e. The Balaban J connectivity index is 2.82. The second-order valence-electron chi connectivity index (χ2n) is 3.25. The highest BCUT2D eigenvalue weighted by Crippen LogP contribution is 2.17. The third-order valence-electron chi connectivity index (χ3n) is 2.16. The molecule has 1 rings (SSSR count). The number of aliphatic hydroxyl groups is 1. The highest BCUT2D eigenvalue weighted by molar-refractivity contribution is 5.34. The summed E-state index contributed by atoms with van der Waals surface area (Å²) in [7, 11) is 0. The molecule has 4 heteroatoms. The van der Waals surface area contributed by atoms with Crippen molar-refractivity contribution >= 4 is 0 Å². The molecule has 3 nitrogen and oxygen atoms in total. The van der Waals surface area contributed by atoms with Crippen molar-refractivity contribution in [3.05, 3.63) is 35.1 Å². The Bertz CT molecular complexity index is 373. The Labute approximate surface area is 88.2 Å². The predicted molar refractivity (Wildman–Crippen MR) is 54.6 cm³/mol. The van der Waals surface area contributed by atoms with Crippen LogP contribution in [0.15, 0.2) is 18.2 Å². The minimum Gasteiger partial charge on any atom is -0.395 e. The van der Waals surface area contributed by atoms with Crippen molar-refractivity contribution in [2.45, 2.75) is 13.0 Å². The van der Waals surface area contributed by atoms with Gasteiger partial charge in [0.25, 0.3) is 0 Å². The Kier molecular flexibility index (Phi) is 4.22. The molecule has 0 saturated heterocycles. The minimum atomic E-state index is -0.396. The van der Waals surface area contributed by atoms with E-state index in [-0.39, 0.29) is 12.6 Å². The van der Waals surface area contributed by atoms with Gasteiger partial charge in [-0.3, -0.25) is 0 Å². The summed E-state index contributed by atoms with van der Waals surface area (Å²) in [4.78, 5) is 0. The third-order valence-corrected chi connectivity index (χ3v) is 2.16. The van der Waals surface area contributed by atoms with Gasteiger partial charge >= 0.3 is 0 Å². The largest absolute Gasteiger partial charge is 0.395 e. The van der Waals surface area contributed by atoms with Gasteiger partial charge in [0.15, 0.2) is 0 Å². The van der Waals surface area contributed by atoms with E-state index in [1.54, 1.807) is 19.1 Å². The standard InChI is InChI=1S/C11H13FN2O/c1-8(14-4-5-15)10-3-2-9(7-13)6-11(10)12/h2-3,6,8,14-15H,4-5H2,1H3. The Morgan fingerprint density at radius 3 is 2.87 bits per heavy atom. The number of hydrogen-bond donors (Lipinski definition) is 2. The lowest BCUT2D eigenvalue weighted by Gasteiger charge is -2.14. The molecule has 1 unspecified atom stereocenters. The summed E-state index contributed by atoms with van der Waals surface area (Å²) < 4.78 is 13.5. The summed E-state index contributed by atoms with van der Waals surface area (Å²) >= 11 is 0. The molecule has 0 aliphatic heterocycles. The second kappa shape index (κ2) is 5.44. The normalized spacial score (nSPS) is 12.1. The Morgan fingerprint density at radius 1 is 1.60 bits per heavy atom. The lowest BCUT2D eigenvalue weighted by molar-refractivity contribution is 0.285. The highest BCUT2D eigenvalue weighted by atomic mass is 19.1. The molecule has 0 aliphatic rings. The molecular formula is C11H13FN2O. The molecule has 0 radical (unpaired) electrons. The third kappa shape index (κ3) is 3.01. The van der Waals surface area contributed by atoms with Crippen LogP contribution in [0.2, 0.25) is 0 Å². The second-order valence-corrected chi connectivity index (χ2v) is 3.25. The smallest absolute Gasteiger partial charge is 0.129 e. The first-order valence-corrected chi connectivity index (χ1v) is 4.73. The van der Waals surface area contributed by atoms with E-state index in [0.717, 1.165) is 0 Å². The molecule has 2 N–H and O–H groups in total. The number of nitrogens with one attached hydrogen (secondary N) is 1. The molecule has 0 amide bonds. The van der Waals surface area contributed by atoms with E-state index in [2.05, 4.69) is 5.32 Å². The van der Waals surface area contributed by atoms with Crippen LogP contribution in [0.5, 0.6) is 0 Å². The van der Waals surface area contributed by atoms with Crippen molar-refractivity contribution in [2.24, 2.45) is 0 Å². The predicted octanol–water partition coefficient (Wildman–Crippen LogP) is 1.34. The molecule has 0 aliphatic carbocycles. The fourth-order valence-corrected chi connectivity index (χ4v) is 1.34. The van der Waals surface area contributed by atoms with Crippen LogP contribution >= 0.6 is 0 Å². The summed E-state index contributed by atoms with van der Waals surface area (Å²) in [6.07, 6.45) is 0. The summed E-state index contributed by atoms with van der Waals surface area (Å²) in [5, 5.41) is 20.1. The minimum absolute atomic E-state index is 0.0161. The van der Waals surface area contributed by atoms with E-state index in [9.17, 15) is 4.39 Å². The number of hydrogen-bond acceptors (Lipinski definition) is 3. The van der Waals surface area contributed by atoms with Crippen molar-refractivity contribution in [1.82, 2.24) is 5.32 Å². The van der Waals surface area contributed by atoms with Crippen LogP contribution in [0.1, 0.15) is 24.1 Å². The first-order chi connectivity index (χ1) is 7.19. The van der Waals surface area contributed by atoms with Gasteiger partial charge in [0, 0.05) is 18.2 Å². The van der Waals surface area contributed by atoms with Crippen LogP contribution in [0, 0.1) is 17.1 Å². The number of rotatable bonds is 4. The van der Waals surface area contributed by atoms with Crippen molar-refractivity contribution in [2.75, 3.05) is 13.2 Å². The zero-order chi connectivity index (χ0) is 11.3. The van der Waals surface area contributed by atoms with E-state index in [0.29, 0.717) is 17.7 Å². The SMILES string of the molecule is CC(NCCO)c1ccc(C#N)cc1F. The molecule has 0 saturated carbocycles. The van der Waals surface area contributed by atoms with Crippen LogP contribution in [0.3, 0.4) is 0 Å². The van der Waals surface area contributed by atoms with E-state index < -0.39 is 5.82 Å². The molecule has 1 aromatic carbocycles. The number of aliphatic hydroxyl groups excluding tert-OH is 1. The first kappa shape index (κ1) is 11.6. The average Bonchev–Trinajstić information content (AvgIpc) is 2.25. The van der Waals surface area contributed by atoms with Gasteiger partial charge in [-0.2, -0.15) is 5.26 Å². The van der Waals surface area contributed by atoms with E-state index in [1.165, 1.54) is 6.07 Å². The van der Waals surface area contributed by atoms with E-state index in [1.807, 2.05) is 6.07 Å². The quantitative estimate of drug-likeness (QED) is 0.785. The van der Waals surface area contributed by atoms with Gasteiger partial charge in [-0.15, -0.1) is 0 Å². The van der Waals surface area contributed by atoms with Crippen molar-refractivity contribution in [1.29, 1.82) is 5.26 Å². The van der Waals surface area contributed by atoms with Crippen LogP contribution < -0.4 is 5.32 Å². The molecule has 0 spiro atoms. The van der Waals surface area contributed by atoms with Gasteiger partial charge in [-0.25, -0.2) is 4.39 Å². The summed E-state index contributed by atoms with van der Waals surface area (Å²) in [6.45, 7) is 2.24. The zero-order valence-electron chi connectivity index (χ0n) is 8.50. The molecule has 80 valence electrons. The molecule has 0 fully saturated rings. The summed E-state index contributed by atoms with van der Waals surface area (Å²) in [5.41, 5.74) is 0.813. The van der Waals surface area contributed by atoms with Crippen molar-refractivity contribution in [3.63, 3.8) is 0 Å². The number of nitriles is 1. The first-order valence-electron chi connectivity index (χ1n) is 4.73. The molecule has 0 aromatic heterocycles. The van der Waals surface area contributed by atoms with Gasteiger partial charge in [0.1, 0.15) is 5.82 Å². The molecular weight excluding hydrogens is 195 g/mol. The van der Waals surface area contributed by atoms with Crippen LogP contribution in [0.25, 0.3) is 0 Å². The molecule has 0 heterocycles. The lowest BCUT2D eigenvalue weighted by atomic mass is 10.1. The summed E-state index contributed by atoms with van der Waals surface area (Å²) in [5.74, 6) is -0.396. The molecule has 1 aromatic rings. The molecule has 1 atom stereocenters. The fraction of sp³-hybridized carbons (Fsp3) is 0.364. The number of benzene rings is 1. The maximum atomic E-state index is 13.5. The van der Waals surface area contributed by atoms with Gasteiger partial charge in [0.05, 0.1) is 18.2 Å². The van der Waals surface area contributed by atoms with Crippen molar-refractivity contribution < 1.29 is 9.50 Å². The summed E-state index contributed by atoms with van der Waals surface area (Å²) in [6, 6.07) is 6.08. The number of halogens is 1. The molecule has 0 bridgehead atoms. The van der Waals surface area contributed by atoms with Crippen LogP contribution in [-0.2, 0) is 0 Å². The Morgan fingerprint density at radius 2 is 2.33 bits per heavy atom. The monoisotopic (exact) mass is 208 g/mol. The topological polar surface area (TPSA) is 56.0 Å². The van der Waals surface area contributed by atoms with Gasteiger partial charge in [-0.1, -0.05) is 6.07 Å². The van der Waals surface area contributed by atoms with Gasteiger partial charge < -0.3 is 10.4 Å². The van der Waals surface area contributed by atoms with Crippen molar-refractivity contribution in [3.8, 4) is 6.07 Å². The van der Waals surface area contributed by atoms with Gasteiger partial charge in [0.2, 0.25) is 0 Å². The lowest BCUT2D eigenvalue weighted by Crippen LogP contribution is -2.22. The van der Waals surface area contributed by atoms with Gasteiger partial charge in [-0.05, 0) is 19.1 Å². The number of nitrogens with zero attached hydrogens (tertiary/aromatic N) is 1. The molecule has 15 heavy (non-hydrogen) atoms.